The van der Waals surface area contributed by atoms with Crippen molar-refractivity contribution in [2.24, 2.45) is 0 Å². The average Bonchev–Trinajstić information content (AvgIpc) is 3.13. The zero-order chi connectivity index (χ0) is 21.3. The van der Waals surface area contributed by atoms with Crippen molar-refractivity contribution in [2.45, 2.75) is 31.5 Å². The van der Waals surface area contributed by atoms with Gasteiger partial charge in [0.2, 0.25) is 0 Å². The number of anilines is 1. The molecule has 0 saturated heterocycles. The van der Waals surface area contributed by atoms with Crippen LogP contribution in [0.5, 0.6) is 0 Å². The molecule has 4 rings (SSSR count). The molecule has 0 unspecified atom stereocenters. The van der Waals surface area contributed by atoms with Crippen LogP contribution in [0.1, 0.15) is 31.0 Å². The molecule has 3 aromatic heterocycles. The molecule has 4 aromatic rings. The Balaban J connectivity index is 1.72. The van der Waals surface area contributed by atoms with E-state index in [0.29, 0.717) is 22.5 Å². The highest BCUT2D eigenvalue weighted by Crippen LogP contribution is 2.31. The number of fused-ring (bicyclic) bond motifs is 1. The van der Waals surface area contributed by atoms with Gasteiger partial charge in [-0.2, -0.15) is 0 Å². The molecule has 3 heterocycles. The van der Waals surface area contributed by atoms with Crippen molar-refractivity contribution in [3.63, 3.8) is 0 Å². The molecule has 0 radical (unpaired) electrons. The second-order valence-electron chi connectivity index (χ2n) is 7.17. The van der Waals surface area contributed by atoms with Gasteiger partial charge in [0, 0.05) is 47.9 Å². The number of nitrogens with zero attached hydrogens (tertiary/aromatic N) is 4. The maximum atomic E-state index is 14.0. The molecule has 8 heteroatoms. The molecule has 0 aliphatic carbocycles. The van der Waals surface area contributed by atoms with Gasteiger partial charge >= 0.3 is 0 Å². The molecule has 0 spiro atoms. The number of hydrogen-bond acceptors (Lipinski definition) is 5. The molecular weight excluding hydrogens is 404 g/mol. The zero-order valence-corrected chi connectivity index (χ0v) is 17.7. The Morgan fingerprint density at radius 3 is 2.70 bits per heavy atom. The Labute approximate surface area is 177 Å². The third kappa shape index (κ3) is 4.00. The average molecular weight is 426 g/mol. The maximum Gasteiger partial charge on any atom is 0.189 e. The van der Waals surface area contributed by atoms with Crippen LogP contribution in [0.25, 0.3) is 16.9 Å². The fraction of sp³-hybridized carbons (Fsp3) is 0.227. The van der Waals surface area contributed by atoms with Crippen LogP contribution in [0.4, 0.5) is 14.6 Å². The molecule has 30 heavy (non-hydrogen) atoms. The number of hydrogen-bond donors (Lipinski definition) is 1. The predicted molar refractivity (Wildman–Crippen MR) is 116 cm³/mol. The van der Waals surface area contributed by atoms with Crippen LogP contribution < -0.4 is 5.32 Å². The number of rotatable bonds is 6. The van der Waals surface area contributed by atoms with Gasteiger partial charge in [0.05, 0.1) is 5.69 Å². The van der Waals surface area contributed by atoms with Crippen LogP contribution in [0.2, 0.25) is 0 Å². The van der Waals surface area contributed by atoms with Crippen molar-refractivity contribution in [2.75, 3.05) is 11.6 Å². The summed E-state index contributed by atoms with van der Waals surface area (Å²) in [6.45, 7) is 4.45. The van der Waals surface area contributed by atoms with Crippen LogP contribution in [-0.4, -0.2) is 25.6 Å². The first-order valence-corrected chi connectivity index (χ1v) is 10.8. The minimum Gasteiger partial charge on any atom is -0.366 e. The standard InChI is InChI=1S/C22H21F2N5S/c1-13(2)19-10-16(21-25-7-4-8-29(19)21)18-11-20(28-22(27-18)30-3)26-12-14-5-6-15(23)9-17(14)24/h4-11,13H,12H2,1-3H3,(H,26,27,28). The maximum absolute atomic E-state index is 14.0. The fourth-order valence-electron chi connectivity index (χ4n) is 3.29. The van der Waals surface area contributed by atoms with Crippen LogP contribution >= 0.6 is 11.8 Å². The molecular formula is C22H21F2N5S. The molecule has 0 atom stereocenters. The Morgan fingerprint density at radius 1 is 1.13 bits per heavy atom. The van der Waals surface area contributed by atoms with E-state index in [1.807, 2.05) is 24.6 Å². The summed E-state index contributed by atoms with van der Waals surface area (Å²) in [5, 5.41) is 3.72. The SMILES string of the molecule is CSc1nc(NCc2ccc(F)cc2F)cc(-c2cc(C(C)C)n3cccnc23)n1. The van der Waals surface area contributed by atoms with Gasteiger partial charge in [-0.15, -0.1) is 0 Å². The van der Waals surface area contributed by atoms with E-state index in [4.69, 9.17) is 0 Å². The van der Waals surface area contributed by atoms with E-state index in [9.17, 15) is 8.78 Å². The normalized spacial score (nSPS) is 11.4. The molecule has 0 aliphatic heterocycles. The highest BCUT2D eigenvalue weighted by molar-refractivity contribution is 7.98. The van der Waals surface area contributed by atoms with Gasteiger partial charge in [-0.25, -0.2) is 23.7 Å². The minimum atomic E-state index is -0.598. The lowest BCUT2D eigenvalue weighted by Gasteiger charge is -2.10. The van der Waals surface area contributed by atoms with E-state index >= 15 is 0 Å². The van der Waals surface area contributed by atoms with Crippen molar-refractivity contribution in [3.8, 4) is 11.3 Å². The van der Waals surface area contributed by atoms with E-state index in [2.05, 4.69) is 44.6 Å². The molecule has 0 fully saturated rings. The second-order valence-corrected chi connectivity index (χ2v) is 7.94. The van der Waals surface area contributed by atoms with Gasteiger partial charge in [-0.1, -0.05) is 31.7 Å². The first-order chi connectivity index (χ1) is 14.5. The molecule has 0 aliphatic rings. The lowest BCUT2D eigenvalue weighted by atomic mass is 10.1. The van der Waals surface area contributed by atoms with Crippen molar-refractivity contribution in [1.29, 1.82) is 0 Å². The Hall–Kier alpha value is -3.00. The molecule has 5 nitrogen and oxygen atoms in total. The summed E-state index contributed by atoms with van der Waals surface area (Å²) in [5.74, 6) is -0.309. The quantitative estimate of drug-likeness (QED) is 0.325. The smallest absolute Gasteiger partial charge is 0.189 e. The number of nitrogens with one attached hydrogen (secondary N) is 1. The third-order valence-corrected chi connectivity index (χ3v) is 5.34. The van der Waals surface area contributed by atoms with Crippen molar-refractivity contribution in [1.82, 2.24) is 19.4 Å². The highest BCUT2D eigenvalue weighted by Gasteiger charge is 2.16. The van der Waals surface area contributed by atoms with E-state index in [-0.39, 0.29) is 6.54 Å². The Bertz CT molecular complexity index is 1210. The molecule has 0 amide bonds. The Morgan fingerprint density at radius 2 is 1.97 bits per heavy atom. The van der Waals surface area contributed by atoms with Gasteiger partial charge in [0.15, 0.2) is 5.16 Å². The van der Waals surface area contributed by atoms with Crippen LogP contribution in [0.15, 0.2) is 53.9 Å². The first kappa shape index (κ1) is 20.3. The van der Waals surface area contributed by atoms with Crippen LogP contribution in [-0.2, 0) is 6.54 Å². The summed E-state index contributed by atoms with van der Waals surface area (Å²) < 4.78 is 29.2. The Kier molecular flexibility index (Phi) is 5.67. The number of halogens is 2. The van der Waals surface area contributed by atoms with Crippen molar-refractivity contribution in [3.05, 3.63) is 71.7 Å². The summed E-state index contributed by atoms with van der Waals surface area (Å²) in [5.41, 5.74) is 3.97. The molecule has 1 N–H and O–H groups in total. The lowest BCUT2D eigenvalue weighted by molar-refractivity contribution is 0.574. The summed E-state index contributed by atoms with van der Waals surface area (Å²) in [6, 6.07) is 9.38. The van der Waals surface area contributed by atoms with Gasteiger partial charge in [-0.05, 0) is 30.4 Å². The second kappa shape index (κ2) is 8.39. The number of thioether (sulfide) groups is 1. The van der Waals surface area contributed by atoms with Gasteiger partial charge in [0.25, 0.3) is 0 Å². The summed E-state index contributed by atoms with van der Waals surface area (Å²) in [6.07, 6.45) is 5.66. The van der Waals surface area contributed by atoms with Gasteiger partial charge < -0.3 is 9.72 Å². The molecule has 1 aromatic carbocycles. The van der Waals surface area contributed by atoms with Crippen molar-refractivity contribution >= 4 is 23.2 Å². The zero-order valence-electron chi connectivity index (χ0n) is 16.9. The van der Waals surface area contributed by atoms with Crippen molar-refractivity contribution < 1.29 is 8.78 Å². The minimum absolute atomic E-state index is 0.183. The topological polar surface area (TPSA) is 55.1 Å². The molecule has 0 bridgehead atoms. The summed E-state index contributed by atoms with van der Waals surface area (Å²) in [7, 11) is 0. The summed E-state index contributed by atoms with van der Waals surface area (Å²) in [4.78, 5) is 13.7. The predicted octanol–water partition coefficient (Wildman–Crippen LogP) is 5.53. The van der Waals surface area contributed by atoms with Gasteiger partial charge in [-0.3, -0.25) is 0 Å². The molecule has 154 valence electrons. The van der Waals surface area contributed by atoms with Crippen LogP contribution in [0.3, 0.4) is 0 Å². The molecule has 0 saturated carbocycles. The first-order valence-electron chi connectivity index (χ1n) is 9.53. The summed E-state index contributed by atoms with van der Waals surface area (Å²) >= 11 is 1.42. The third-order valence-electron chi connectivity index (χ3n) is 4.79. The monoisotopic (exact) mass is 425 g/mol. The highest BCUT2D eigenvalue weighted by atomic mass is 32.2. The van der Waals surface area contributed by atoms with Crippen LogP contribution in [0, 0.1) is 11.6 Å². The largest absolute Gasteiger partial charge is 0.366 e. The number of aromatic nitrogens is 4. The van der Waals surface area contributed by atoms with Gasteiger partial charge in [0.1, 0.15) is 23.1 Å². The number of benzene rings is 1. The van der Waals surface area contributed by atoms with E-state index in [1.165, 1.54) is 23.9 Å². The van der Waals surface area contributed by atoms with E-state index < -0.39 is 11.6 Å². The lowest BCUT2D eigenvalue weighted by Crippen LogP contribution is -2.05. The van der Waals surface area contributed by atoms with E-state index in [1.54, 1.807) is 6.20 Å². The van der Waals surface area contributed by atoms with E-state index in [0.717, 1.165) is 28.7 Å². The fourth-order valence-corrected chi connectivity index (χ4v) is 3.67.